The minimum Gasteiger partial charge on any atom is -0.300 e. The van der Waals surface area contributed by atoms with Gasteiger partial charge in [-0.3, -0.25) is 0 Å². The highest BCUT2D eigenvalue weighted by atomic mass is 16.1. The van der Waals surface area contributed by atoms with Gasteiger partial charge in [0.15, 0.2) is 0 Å². The molecule has 0 N–H and O–H groups in total. The van der Waals surface area contributed by atoms with Crippen molar-refractivity contribution >= 4 is 5.78 Å². The molecule has 1 nitrogen and oxygen atoms in total. The number of aryl methyl sites for hydroxylation is 1. The van der Waals surface area contributed by atoms with Crippen molar-refractivity contribution in [3.05, 3.63) is 48.0 Å². The maximum Gasteiger partial charge on any atom is 0.130 e. The normalized spacial score (nSPS) is 10.7. The Labute approximate surface area is 91.8 Å². The van der Waals surface area contributed by atoms with Crippen LogP contribution in [-0.2, 0) is 11.2 Å². The van der Waals surface area contributed by atoms with Gasteiger partial charge in [0.05, 0.1) is 0 Å². The summed E-state index contributed by atoms with van der Waals surface area (Å²) in [6.45, 7) is 1.64. The van der Waals surface area contributed by atoms with Crippen LogP contribution in [0.25, 0.3) is 0 Å². The van der Waals surface area contributed by atoms with E-state index in [-0.39, 0.29) is 5.78 Å². The molecule has 0 aliphatic heterocycles. The average molecular weight is 202 g/mol. The first kappa shape index (κ1) is 11.7. The molecule has 0 saturated carbocycles. The number of Topliss-reactive ketones (excluding diaryl/α,β-unsaturated/α-hetero) is 1. The zero-order chi connectivity index (χ0) is 10.9. The van der Waals surface area contributed by atoms with Gasteiger partial charge in [-0.1, -0.05) is 42.5 Å². The van der Waals surface area contributed by atoms with Crippen molar-refractivity contribution in [3.63, 3.8) is 0 Å². The van der Waals surface area contributed by atoms with Crippen LogP contribution >= 0.6 is 0 Å². The van der Waals surface area contributed by atoms with Crippen molar-refractivity contribution < 1.29 is 4.79 Å². The van der Waals surface area contributed by atoms with E-state index in [1.165, 1.54) is 5.56 Å². The largest absolute Gasteiger partial charge is 0.300 e. The standard InChI is InChI=1S/C14H18O/c1-13(15)9-5-2-3-6-10-14-11-7-4-8-12-14/h2-4,7-8,11-12H,5-6,9-10H2,1H3/b3-2-. The van der Waals surface area contributed by atoms with E-state index in [1.807, 2.05) is 6.07 Å². The van der Waals surface area contributed by atoms with E-state index in [9.17, 15) is 4.79 Å². The summed E-state index contributed by atoms with van der Waals surface area (Å²) in [5.74, 6) is 0.266. The van der Waals surface area contributed by atoms with Crippen molar-refractivity contribution in [1.82, 2.24) is 0 Å². The fourth-order valence-electron chi connectivity index (χ4n) is 1.42. The third-order valence-electron chi connectivity index (χ3n) is 2.27. The van der Waals surface area contributed by atoms with Crippen LogP contribution in [0.5, 0.6) is 0 Å². The van der Waals surface area contributed by atoms with E-state index >= 15 is 0 Å². The highest BCUT2D eigenvalue weighted by Crippen LogP contribution is 2.03. The predicted octanol–water partition coefficient (Wildman–Crippen LogP) is 3.54. The monoisotopic (exact) mass is 202 g/mol. The molecular weight excluding hydrogens is 184 g/mol. The average Bonchev–Trinajstić information content (AvgIpc) is 2.24. The number of carbonyl (C=O) groups excluding carboxylic acids is 1. The van der Waals surface area contributed by atoms with Crippen LogP contribution < -0.4 is 0 Å². The van der Waals surface area contributed by atoms with E-state index in [4.69, 9.17) is 0 Å². The van der Waals surface area contributed by atoms with E-state index in [0.29, 0.717) is 6.42 Å². The fraction of sp³-hybridized carbons (Fsp3) is 0.357. The second-order valence-corrected chi connectivity index (χ2v) is 3.74. The number of carbonyl (C=O) groups is 1. The summed E-state index contributed by atoms with van der Waals surface area (Å²) in [6, 6.07) is 10.4. The lowest BCUT2D eigenvalue weighted by Gasteiger charge is -1.96. The zero-order valence-corrected chi connectivity index (χ0v) is 9.28. The molecule has 1 aromatic carbocycles. The third kappa shape index (κ3) is 5.84. The molecule has 0 radical (unpaired) electrons. The van der Waals surface area contributed by atoms with Gasteiger partial charge in [-0.25, -0.2) is 0 Å². The lowest BCUT2D eigenvalue weighted by atomic mass is 10.1. The molecule has 80 valence electrons. The number of rotatable bonds is 6. The third-order valence-corrected chi connectivity index (χ3v) is 2.27. The van der Waals surface area contributed by atoms with E-state index < -0.39 is 0 Å². The molecule has 0 bridgehead atoms. The second kappa shape index (κ2) is 6.99. The molecule has 1 rings (SSSR count). The lowest BCUT2D eigenvalue weighted by Crippen LogP contribution is -1.86. The summed E-state index contributed by atoms with van der Waals surface area (Å²) in [7, 11) is 0. The molecule has 0 aromatic heterocycles. The highest BCUT2D eigenvalue weighted by molar-refractivity contribution is 5.75. The Bertz CT molecular complexity index is 311. The Morgan fingerprint density at radius 3 is 2.47 bits per heavy atom. The summed E-state index contributed by atoms with van der Waals surface area (Å²) in [5, 5.41) is 0. The van der Waals surface area contributed by atoms with Crippen LogP contribution in [0.2, 0.25) is 0 Å². The first-order valence-corrected chi connectivity index (χ1v) is 5.47. The highest BCUT2D eigenvalue weighted by Gasteiger charge is 1.90. The molecule has 0 saturated heterocycles. The first-order valence-electron chi connectivity index (χ1n) is 5.47. The van der Waals surface area contributed by atoms with Gasteiger partial charge >= 0.3 is 0 Å². The molecule has 1 heteroatoms. The summed E-state index contributed by atoms with van der Waals surface area (Å²) in [4.78, 5) is 10.7. The molecule has 0 aliphatic carbocycles. The predicted molar refractivity (Wildman–Crippen MR) is 63.8 cm³/mol. The van der Waals surface area contributed by atoms with Gasteiger partial charge in [-0.2, -0.15) is 0 Å². The topological polar surface area (TPSA) is 17.1 Å². The molecule has 0 unspecified atom stereocenters. The fourth-order valence-corrected chi connectivity index (χ4v) is 1.42. The van der Waals surface area contributed by atoms with Gasteiger partial charge in [0.1, 0.15) is 5.78 Å². The Kier molecular flexibility index (Phi) is 5.46. The number of hydrogen-bond acceptors (Lipinski definition) is 1. The maximum atomic E-state index is 10.7. The van der Waals surface area contributed by atoms with E-state index in [2.05, 4.69) is 36.4 Å². The number of ketones is 1. The molecule has 0 spiro atoms. The Balaban J connectivity index is 2.14. The van der Waals surface area contributed by atoms with Crippen molar-refractivity contribution in [1.29, 1.82) is 0 Å². The van der Waals surface area contributed by atoms with Crippen molar-refractivity contribution in [2.45, 2.75) is 32.6 Å². The maximum absolute atomic E-state index is 10.7. The SMILES string of the molecule is CC(=O)CC/C=C\CCc1ccccc1. The Morgan fingerprint density at radius 1 is 1.13 bits per heavy atom. The molecule has 0 amide bonds. The number of hydrogen-bond donors (Lipinski definition) is 0. The number of allylic oxidation sites excluding steroid dienone is 2. The van der Waals surface area contributed by atoms with Gasteiger partial charge in [0, 0.05) is 6.42 Å². The van der Waals surface area contributed by atoms with Crippen molar-refractivity contribution in [2.75, 3.05) is 0 Å². The molecular formula is C14H18O. The van der Waals surface area contributed by atoms with Crippen molar-refractivity contribution in [2.24, 2.45) is 0 Å². The summed E-state index contributed by atoms with van der Waals surface area (Å²) >= 11 is 0. The van der Waals surface area contributed by atoms with Crippen LogP contribution in [-0.4, -0.2) is 5.78 Å². The molecule has 15 heavy (non-hydrogen) atoms. The lowest BCUT2D eigenvalue weighted by molar-refractivity contribution is -0.116. The van der Waals surface area contributed by atoms with Crippen LogP contribution in [0.4, 0.5) is 0 Å². The van der Waals surface area contributed by atoms with Gasteiger partial charge in [-0.15, -0.1) is 0 Å². The summed E-state index contributed by atoms with van der Waals surface area (Å²) in [6.07, 6.45) is 7.95. The van der Waals surface area contributed by atoms with E-state index in [1.54, 1.807) is 6.92 Å². The van der Waals surface area contributed by atoms with Gasteiger partial charge in [0.25, 0.3) is 0 Å². The van der Waals surface area contributed by atoms with E-state index in [0.717, 1.165) is 19.3 Å². The van der Waals surface area contributed by atoms with Crippen LogP contribution in [0.3, 0.4) is 0 Å². The first-order chi connectivity index (χ1) is 7.29. The molecule has 0 aliphatic rings. The van der Waals surface area contributed by atoms with Crippen LogP contribution in [0.1, 0.15) is 31.7 Å². The minimum absolute atomic E-state index is 0.266. The van der Waals surface area contributed by atoms with Gasteiger partial charge in [-0.05, 0) is 31.7 Å². The van der Waals surface area contributed by atoms with Crippen molar-refractivity contribution in [3.8, 4) is 0 Å². The van der Waals surface area contributed by atoms with Crippen LogP contribution in [0, 0.1) is 0 Å². The minimum atomic E-state index is 0.266. The molecule has 0 heterocycles. The number of benzene rings is 1. The van der Waals surface area contributed by atoms with Gasteiger partial charge in [0.2, 0.25) is 0 Å². The zero-order valence-electron chi connectivity index (χ0n) is 9.28. The van der Waals surface area contributed by atoms with Crippen LogP contribution in [0.15, 0.2) is 42.5 Å². The molecule has 1 aromatic rings. The molecule has 0 atom stereocenters. The quantitative estimate of drug-likeness (QED) is 0.645. The Hall–Kier alpha value is -1.37. The Morgan fingerprint density at radius 2 is 1.80 bits per heavy atom. The molecule has 0 fully saturated rings. The smallest absolute Gasteiger partial charge is 0.130 e. The van der Waals surface area contributed by atoms with Gasteiger partial charge < -0.3 is 4.79 Å². The summed E-state index contributed by atoms with van der Waals surface area (Å²) in [5.41, 5.74) is 1.37. The second-order valence-electron chi connectivity index (χ2n) is 3.74. The summed E-state index contributed by atoms with van der Waals surface area (Å²) < 4.78 is 0.